The first-order chi connectivity index (χ1) is 12.2. The van der Waals surface area contributed by atoms with Crippen LogP contribution < -0.4 is 10.6 Å². The van der Waals surface area contributed by atoms with Crippen molar-refractivity contribution in [2.45, 2.75) is 26.9 Å². The third-order valence-corrected chi connectivity index (χ3v) is 4.71. The number of hydrogen-bond acceptors (Lipinski definition) is 5. The lowest BCUT2D eigenvalue weighted by molar-refractivity contribution is 0.572. The molecule has 0 atom stereocenters. The van der Waals surface area contributed by atoms with E-state index in [4.69, 9.17) is 4.42 Å². The molecule has 0 bridgehead atoms. The maximum atomic E-state index is 5.57. The molecule has 0 aliphatic carbocycles. The molecule has 6 nitrogen and oxygen atoms in total. The number of nitrogens with zero attached hydrogens (tertiary/aromatic N) is 3. The van der Waals surface area contributed by atoms with Gasteiger partial charge in [-0.2, -0.15) is 0 Å². The van der Waals surface area contributed by atoms with E-state index >= 15 is 0 Å². The fourth-order valence-electron chi connectivity index (χ4n) is 2.27. The summed E-state index contributed by atoms with van der Waals surface area (Å²) in [5, 5.41) is 6.52. The second kappa shape index (κ2) is 7.94. The number of aryl methyl sites for hydroxylation is 2. The predicted molar refractivity (Wildman–Crippen MR) is 101 cm³/mol. The number of thiazole rings is 1. The van der Waals surface area contributed by atoms with Gasteiger partial charge in [-0.1, -0.05) is 17.7 Å². The second-order valence-corrected chi connectivity index (χ2v) is 6.59. The topological polar surface area (TPSA) is 75.3 Å². The molecule has 2 N–H and O–H groups in total. The van der Waals surface area contributed by atoms with E-state index in [1.807, 2.05) is 36.7 Å². The Hall–Kier alpha value is -2.67. The molecule has 0 saturated carbocycles. The van der Waals surface area contributed by atoms with Gasteiger partial charge in [-0.25, -0.2) is 9.97 Å². The summed E-state index contributed by atoms with van der Waals surface area (Å²) < 4.78 is 5.57. The second-order valence-electron chi connectivity index (χ2n) is 5.65. The Balaban J connectivity index is 1.55. The summed E-state index contributed by atoms with van der Waals surface area (Å²) in [7, 11) is 1.75. The number of aliphatic imine (C=N–C) groups is 1. The van der Waals surface area contributed by atoms with Crippen LogP contribution in [0.15, 0.2) is 45.4 Å². The Morgan fingerprint density at radius 2 is 1.92 bits per heavy atom. The molecule has 0 unspecified atom stereocenters. The van der Waals surface area contributed by atoms with Gasteiger partial charge >= 0.3 is 0 Å². The zero-order chi connectivity index (χ0) is 17.6. The van der Waals surface area contributed by atoms with Crippen molar-refractivity contribution in [1.29, 1.82) is 0 Å². The van der Waals surface area contributed by atoms with Crippen LogP contribution in [0.3, 0.4) is 0 Å². The molecule has 0 aliphatic heterocycles. The molecule has 2 heterocycles. The molecule has 0 saturated heterocycles. The van der Waals surface area contributed by atoms with E-state index in [-0.39, 0.29) is 0 Å². The minimum Gasteiger partial charge on any atom is -0.444 e. The smallest absolute Gasteiger partial charge is 0.226 e. The van der Waals surface area contributed by atoms with Gasteiger partial charge in [0.1, 0.15) is 6.26 Å². The zero-order valence-electron chi connectivity index (χ0n) is 14.5. The van der Waals surface area contributed by atoms with Crippen LogP contribution in [-0.4, -0.2) is 23.0 Å². The van der Waals surface area contributed by atoms with E-state index in [9.17, 15) is 0 Å². The van der Waals surface area contributed by atoms with Crippen LogP contribution in [0, 0.1) is 13.8 Å². The van der Waals surface area contributed by atoms with Crippen LogP contribution >= 0.6 is 11.3 Å². The molecule has 3 aromatic rings. The fraction of sp³-hybridized carbons (Fsp3) is 0.278. The van der Waals surface area contributed by atoms with Gasteiger partial charge in [-0.15, -0.1) is 11.3 Å². The van der Waals surface area contributed by atoms with E-state index in [0.717, 1.165) is 17.0 Å². The van der Waals surface area contributed by atoms with Gasteiger partial charge < -0.3 is 15.1 Å². The zero-order valence-corrected chi connectivity index (χ0v) is 15.4. The number of aromatic nitrogens is 2. The Labute approximate surface area is 151 Å². The van der Waals surface area contributed by atoms with Crippen LogP contribution in [0.1, 0.15) is 21.8 Å². The summed E-state index contributed by atoms with van der Waals surface area (Å²) in [4.78, 5) is 14.2. The summed E-state index contributed by atoms with van der Waals surface area (Å²) in [6.45, 7) is 5.30. The molecular formula is C18H21N5OS. The highest BCUT2D eigenvalue weighted by atomic mass is 32.1. The van der Waals surface area contributed by atoms with E-state index in [2.05, 4.69) is 32.5 Å². The van der Waals surface area contributed by atoms with Gasteiger partial charge in [-0.3, -0.25) is 4.99 Å². The number of nitrogens with one attached hydrogen (secondary N) is 2. The van der Waals surface area contributed by atoms with E-state index in [1.54, 1.807) is 24.6 Å². The predicted octanol–water partition coefficient (Wildman–Crippen LogP) is 3.28. The third-order valence-electron chi connectivity index (χ3n) is 3.77. The average Bonchev–Trinajstić information content (AvgIpc) is 3.25. The molecular weight excluding hydrogens is 334 g/mol. The highest BCUT2D eigenvalue weighted by Crippen LogP contribution is 2.19. The van der Waals surface area contributed by atoms with Crippen LogP contribution in [-0.2, 0) is 13.1 Å². The lowest BCUT2D eigenvalue weighted by Gasteiger charge is -2.10. The maximum Gasteiger partial charge on any atom is 0.226 e. The SMILES string of the molecule is CN=C(NCc1coc(-c2ccc(C)cc2)n1)NCc1scnc1C. The van der Waals surface area contributed by atoms with Crippen molar-refractivity contribution in [2.75, 3.05) is 7.05 Å². The summed E-state index contributed by atoms with van der Waals surface area (Å²) in [6.07, 6.45) is 1.67. The Kier molecular flexibility index (Phi) is 5.45. The summed E-state index contributed by atoms with van der Waals surface area (Å²) >= 11 is 1.63. The van der Waals surface area contributed by atoms with Crippen molar-refractivity contribution in [1.82, 2.24) is 20.6 Å². The lowest BCUT2D eigenvalue weighted by atomic mass is 10.1. The maximum absolute atomic E-state index is 5.57. The van der Waals surface area contributed by atoms with E-state index < -0.39 is 0 Å². The number of benzene rings is 1. The van der Waals surface area contributed by atoms with E-state index in [1.165, 1.54) is 10.4 Å². The molecule has 0 fully saturated rings. The van der Waals surface area contributed by atoms with Gasteiger partial charge in [0.05, 0.1) is 30.0 Å². The Morgan fingerprint density at radius 1 is 1.16 bits per heavy atom. The minimum atomic E-state index is 0.538. The summed E-state index contributed by atoms with van der Waals surface area (Å²) in [5.74, 6) is 1.34. The molecule has 0 amide bonds. The van der Waals surface area contributed by atoms with Gasteiger partial charge in [-0.05, 0) is 26.0 Å². The molecule has 3 rings (SSSR count). The monoisotopic (exact) mass is 355 g/mol. The third kappa shape index (κ3) is 4.45. The fourth-order valence-corrected chi connectivity index (χ4v) is 2.99. The van der Waals surface area contributed by atoms with Crippen molar-refractivity contribution in [2.24, 2.45) is 4.99 Å². The molecule has 130 valence electrons. The largest absolute Gasteiger partial charge is 0.444 e. The molecule has 1 aromatic carbocycles. The first-order valence-corrected chi connectivity index (χ1v) is 8.88. The number of rotatable bonds is 5. The molecule has 0 radical (unpaired) electrons. The van der Waals surface area contributed by atoms with Gasteiger partial charge in [0.15, 0.2) is 5.96 Å². The molecule has 2 aromatic heterocycles. The first-order valence-electron chi connectivity index (χ1n) is 8.00. The molecule has 0 aliphatic rings. The highest BCUT2D eigenvalue weighted by molar-refractivity contribution is 7.09. The molecule has 7 heteroatoms. The van der Waals surface area contributed by atoms with Crippen LogP contribution in [0.5, 0.6) is 0 Å². The van der Waals surface area contributed by atoms with Gasteiger partial charge in [0.2, 0.25) is 5.89 Å². The van der Waals surface area contributed by atoms with Crippen molar-refractivity contribution in [3.05, 3.63) is 57.9 Å². The number of hydrogen-bond donors (Lipinski definition) is 2. The summed E-state index contributed by atoms with van der Waals surface area (Å²) in [5.41, 5.74) is 5.91. The van der Waals surface area contributed by atoms with Crippen molar-refractivity contribution in [3.8, 4) is 11.5 Å². The first kappa shape index (κ1) is 17.2. The van der Waals surface area contributed by atoms with Gasteiger partial charge in [0, 0.05) is 17.5 Å². The van der Waals surface area contributed by atoms with Crippen LogP contribution in [0.25, 0.3) is 11.5 Å². The lowest BCUT2D eigenvalue weighted by Crippen LogP contribution is -2.36. The molecule has 25 heavy (non-hydrogen) atoms. The Bertz CT molecular complexity index is 850. The molecule has 0 spiro atoms. The van der Waals surface area contributed by atoms with Crippen molar-refractivity contribution < 1.29 is 4.42 Å². The van der Waals surface area contributed by atoms with Crippen LogP contribution in [0.2, 0.25) is 0 Å². The van der Waals surface area contributed by atoms with Crippen LogP contribution in [0.4, 0.5) is 0 Å². The quantitative estimate of drug-likeness (QED) is 0.543. The number of guanidine groups is 1. The normalized spacial score (nSPS) is 11.6. The summed E-state index contributed by atoms with van der Waals surface area (Å²) in [6, 6.07) is 8.11. The average molecular weight is 355 g/mol. The highest BCUT2D eigenvalue weighted by Gasteiger charge is 2.08. The van der Waals surface area contributed by atoms with Gasteiger partial charge in [0.25, 0.3) is 0 Å². The minimum absolute atomic E-state index is 0.538. The Morgan fingerprint density at radius 3 is 2.60 bits per heavy atom. The van der Waals surface area contributed by atoms with Crippen molar-refractivity contribution >= 4 is 17.3 Å². The van der Waals surface area contributed by atoms with E-state index in [0.29, 0.717) is 24.9 Å². The standard InChI is InChI=1S/C18H21N5OS/c1-12-4-6-14(7-5-12)17-23-15(10-24-17)8-20-18(19-3)21-9-16-13(2)22-11-25-16/h4-7,10-11H,8-9H2,1-3H3,(H2,19,20,21). The number of oxazole rings is 1. The van der Waals surface area contributed by atoms with Crippen molar-refractivity contribution in [3.63, 3.8) is 0 Å².